The van der Waals surface area contributed by atoms with Crippen molar-refractivity contribution in [3.05, 3.63) is 75.5 Å². The second-order valence-corrected chi connectivity index (χ2v) is 12.7. The van der Waals surface area contributed by atoms with Gasteiger partial charge in [0.05, 0.1) is 30.2 Å². The molecule has 2 N–H and O–H groups in total. The summed E-state index contributed by atoms with van der Waals surface area (Å²) in [5, 5.41) is 6.38. The molecule has 0 unspecified atom stereocenters. The number of fused-ring (bicyclic) bond motifs is 1. The Bertz CT molecular complexity index is 1390. The summed E-state index contributed by atoms with van der Waals surface area (Å²) in [6.45, 7) is 2.27. The van der Waals surface area contributed by atoms with Crippen LogP contribution < -0.4 is 10.6 Å². The van der Waals surface area contributed by atoms with Gasteiger partial charge in [-0.2, -0.15) is 0 Å². The SMILES string of the molecule is C[C@@H]1CCCC[C@@H]1NC(=O)[C@@H](c1ccc(Cl)cc1)N1C[C@@]23C=C[C@H](O2)[C@H](C(=O)Nc2ccc(Br)cc2F)[C@H]3C1=O. The lowest BCUT2D eigenvalue weighted by Crippen LogP contribution is -2.49. The molecular formula is C30H30BrClFN3O4. The largest absolute Gasteiger partial charge is 0.360 e. The number of rotatable bonds is 6. The first kappa shape index (κ1) is 27.4. The molecule has 2 saturated heterocycles. The zero-order valence-electron chi connectivity index (χ0n) is 21.9. The Morgan fingerprint density at radius 3 is 2.65 bits per heavy atom. The highest BCUT2D eigenvalue weighted by molar-refractivity contribution is 9.10. The topological polar surface area (TPSA) is 87.7 Å². The van der Waals surface area contributed by atoms with Crippen molar-refractivity contribution in [1.29, 1.82) is 0 Å². The number of hydrogen-bond donors (Lipinski definition) is 2. The van der Waals surface area contributed by atoms with Gasteiger partial charge < -0.3 is 20.3 Å². The van der Waals surface area contributed by atoms with Crippen LogP contribution in [-0.4, -0.2) is 46.9 Å². The van der Waals surface area contributed by atoms with Gasteiger partial charge in [0.1, 0.15) is 17.5 Å². The molecule has 7 atom stereocenters. The van der Waals surface area contributed by atoms with E-state index in [4.69, 9.17) is 16.3 Å². The van der Waals surface area contributed by atoms with Crippen LogP contribution in [-0.2, 0) is 19.1 Å². The average molecular weight is 631 g/mol. The normalized spacial score (nSPS) is 31.2. The van der Waals surface area contributed by atoms with Crippen molar-refractivity contribution in [2.45, 2.75) is 56.4 Å². The van der Waals surface area contributed by atoms with Crippen LogP contribution >= 0.6 is 27.5 Å². The molecule has 210 valence electrons. The standard InChI is InChI=1S/C30H30BrClFN3O4/c1-16-4-2-3-5-21(16)34-28(38)26(17-6-9-19(32)10-7-17)36-15-30-13-12-23(40-30)24(25(30)29(36)39)27(37)35-22-11-8-18(31)14-20(22)33/h6-14,16,21,23-26H,2-5,15H2,1H3,(H,34,38)(H,35,37)/t16-,21+,23+,24+,25+,26-,30-/m1/s1. The van der Waals surface area contributed by atoms with Crippen LogP contribution in [0.2, 0.25) is 5.02 Å². The van der Waals surface area contributed by atoms with Crippen molar-refractivity contribution in [3.63, 3.8) is 0 Å². The summed E-state index contributed by atoms with van der Waals surface area (Å²) >= 11 is 9.36. The van der Waals surface area contributed by atoms with Crippen molar-refractivity contribution in [3.8, 4) is 0 Å². The summed E-state index contributed by atoms with van der Waals surface area (Å²) in [4.78, 5) is 43.0. The molecule has 2 bridgehead atoms. The molecule has 1 saturated carbocycles. The highest BCUT2D eigenvalue weighted by atomic mass is 79.9. The molecule has 7 nitrogen and oxygen atoms in total. The number of ether oxygens (including phenoxy) is 1. The monoisotopic (exact) mass is 629 g/mol. The summed E-state index contributed by atoms with van der Waals surface area (Å²) < 4.78 is 21.3. The highest BCUT2D eigenvalue weighted by Gasteiger charge is 2.68. The van der Waals surface area contributed by atoms with Crippen molar-refractivity contribution >= 4 is 50.9 Å². The van der Waals surface area contributed by atoms with Crippen LogP contribution in [0.4, 0.5) is 10.1 Å². The molecule has 0 aromatic heterocycles. The zero-order chi connectivity index (χ0) is 28.2. The maximum Gasteiger partial charge on any atom is 0.247 e. The van der Waals surface area contributed by atoms with Gasteiger partial charge in [-0.15, -0.1) is 0 Å². The van der Waals surface area contributed by atoms with Gasteiger partial charge in [-0.1, -0.05) is 71.6 Å². The highest BCUT2D eigenvalue weighted by Crippen LogP contribution is 2.53. The first-order valence-electron chi connectivity index (χ1n) is 13.7. The number of carbonyl (C=O) groups is 3. The average Bonchev–Trinajstić information content (AvgIpc) is 3.57. The van der Waals surface area contributed by atoms with E-state index in [2.05, 4.69) is 33.5 Å². The molecule has 0 radical (unpaired) electrons. The number of likely N-dealkylation sites (tertiary alicyclic amines) is 1. The third kappa shape index (κ3) is 4.76. The number of halogens is 3. The molecule has 1 aliphatic carbocycles. The van der Waals surface area contributed by atoms with E-state index in [1.165, 1.54) is 17.0 Å². The maximum atomic E-state index is 14.5. The summed E-state index contributed by atoms with van der Waals surface area (Å²) in [5.41, 5.74) is -0.381. The van der Waals surface area contributed by atoms with Crippen LogP contribution in [0.15, 0.2) is 59.1 Å². The quantitative estimate of drug-likeness (QED) is 0.419. The lowest BCUT2D eigenvalue weighted by atomic mass is 9.76. The minimum Gasteiger partial charge on any atom is -0.360 e. The Kier molecular flexibility index (Phi) is 7.25. The van der Waals surface area contributed by atoms with E-state index in [1.807, 2.05) is 6.08 Å². The van der Waals surface area contributed by atoms with Crippen LogP contribution in [0.25, 0.3) is 0 Å². The number of hydrogen-bond acceptors (Lipinski definition) is 4. The van der Waals surface area contributed by atoms with Gasteiger partial charge in [0.2, 0.25) is 17.7 Å². The van der Waals surface area contributed by atoms with Gasteiger partial charge in [-0.05, 0) is 54.7 Å². The lowest BCUT2D eigenvalue weighted by molar-refractivity contribution is -0.142. The fraction of sp³-hybridized carbons (Fsp3) is 0.433. The van der Waals surface area contributed by atoms with E-state index in [0.29, 0.717) is 21.0 Å². The lowest BCUT2D eigenvalue weighted by Gasteiger charge is -2.34. The minimum absolute atomic E-state index is 0.0244. The van der Waals surface area contributed by atoms with Gasteiger partial charge in [0.25, 0.3) is 0 Å². The molecule has 6 rings (SSSR count). The van der Waals surface area contributed by atoms with Crippen molar-refractivity contribution in [2.75, 3.05) is 11.9 Å². The van der Waals surface area contributed by atoms with Crippen molar-refractivity contribution in [1.82, 2.24) is 10.2 Å². The van der Waals surface area contributed by atoms with Gasteiger partial charge in [0, 0.05) is 15.5 Å². The molecule has 40 heavy (non-hydrogen) atoms. The van der Waals surface area contributed by atoms with Gasteiger partial charge in [0.15, 0.2) is 0 Å². The molecule has 2 aromatic rings. The third-order valence-electron chi connectivity index (χ3n) is 8.81. The minimum atomic E-state index is -1.04. The van der Waals surface area contributed by atoms with Crippen LogP contribution in [0.5, 0.6) is 0 Å². The smallest absolute Gasteiger partial charge is 0.247 e. The summed E-state index contributed by atoms with van der Waals surface area (Å²) in [7, 11) is 0. The number of carbonyl (C=O) groups excluding carboxylic acids is 3. The Morgan fingerprint density at radius 1 is 1.18 bits per heavy atom. The van der Waals surface area contributed by atoms with E-state index in [-0.39, 0.29) is 30.1 Å². The van der Waals surface area contributed by atoms with Gasteiger partial charge >= 0.3 is 0 Å². The zero-order valence-corrected chi connectivity index (χ0v) is 24.3. The van der Waals surface area contributed by atoms with E-state index in [0.717, 1.165) is 25.7 Å². The number of anilines is 1. The second kappa shape index (κ2) is 10.6. The van der Waals surface area contributed by atoms with E-state index in [1.54, 1.807) is 36.4 Å². The Balaban J connectivity index is 1.29. The van der Waals surface area contributed by atoms with Crippen LogP contribution in [0.1, 0.15) is 44.2 Å². The fourth-order valence-corrected chi connectivity index (χ4v) is 7.22. The summed E-state index contributed by atoms with van der Waals surface area (Å²) in [5.74, 6) is -3.05. The Morgan fingerprint density at radius 2 is 1.93 bits per heavy atom. The molecule has 4 aliphatic rings. The molecule has 3 aliphatic heterocycles. The first-order valence-corrected chi connectivity index (χ1v) is 14.8. The molecule has 10 heteroatoms. The predicted molar refractivity (Wildman–Crippen MR) is 152 cm³/mol. The second-order valence-electron chi connectivity index (χ2n) is 11.3. The van der Waals surface area contributed by atoms with Crippen LogP contribution in [0.3, 0.4) is 0 Å². The summed E-state index contributed by atoms with van der Waals surface area (Å²) in [6, 6.07) is 10.4. The number of nitrogens with zero attached hydrogens (tertiary/aromatic N) is 1. The van der Waals surface area contributed by atoms with Crippen LogP contribution in [0, 0.1) is 23.6 Å². The number of benzene rings is 2. The number of nitrogens with one attached hydrogen (secondary N) is 2. The Hall–Kier alpha value is -2.75. The molecular weight excluding hydrogens is 601 g/mol. The van der Waals surface area contributed by atoms with Crippen molar-refractivity contribution in [2.24, 2.45) is 17.8 Å². The fourth-order valence-electron chi connectivity index (χ4n) is 6.76. The third-order valence-corrected chi connectivity index (χ3v) is 9.55. The summed E-state index contributed by atoms with van der Waals surface area (Å²) in [6.07, 6.45) is 7.14. The maximum absolute atomic E-state index is 14.5. The van der Waals surface area contributed by atoms with Gasteiger partial charge in [-0.3, -0.25) is 14.4 Å². The van der Waals surface area contributed by atoms with Gasteiger partial charge in [-0.25, -0.2) is 4.39 Å². The van der Waals surface area contributed by atoms with E-state index in [9.17, 15) is 18.8 Å². The molecule has 1 spiro atoms. The van der Waals surface area contributed by atoms with E-state index < -0.39 is 41.3 Å². The molecule has 2 aromatic carbocycles. The molecule has 3 heterocycles. The molecule has 3 amide bonds. The van der Waals surface area contributed by atoms with Crippen molar-refractivity contribution < 1.29 is 23.5 Å². The van der Waals surface area contributed by atoms with E-state index >= 15 is 0 Å². The predicted octanol–water partition coefficient (Wildman–Crippen LogP) is 5.40. The molecule has 3 fully saturated rings. The Labute approximate surface area is 245 Å². The first-order chi connectivity index (χ1) is 19.2. The number of amides is 3.